The molecule has 0 aliphatic heterocycles. The molecule has 160 valence electrons. The maximum atomic E-state index is 13.2. The highest BCUT2D eigenvalue weighted by Gasteiger charge is 2.24. The molecule has 1 unspecified atom stereocenters. The number of carbonyl (C=O) groups excluding carboxylic acids is 1. The van der Waals surface area contributed by atoms with E-state index in [0.29, 0.717) is 21.9 Å². The third kappa shape index (κ3) is 4.42. The van der Waals surface area contributed by atoms with Crippen LogP contribution in [0.4, 0.5) is 11.4 Å². The van der Waals surface area contributed by atoms with Crippen LogP contribution in [0.15, 0.2) is 78.9 Å². The summed E-state index contributed by atoms with van der Waals surface area (Å²) >= 11 is 1.36. The fourth-order valence-electron chi connectivity index (χ4n) is 3.20. The molecule has 0 saturated carbocycles. The highest BCUT2D eigenvalue weighted by molar-refractivity contribution is 7.20. The number of nitro groups is 1. The van der Waals surface area contributed by atoms with Crippen molar-refractivity contribution in [3.05, 3.63) is 99.4 Å². The van der Waals surface area contributed by atoms with Gasteiger partial charge in [-0.05, 0) is 24.3 Å². The Hall–Kier alpha value is -4.24. The van der Waals surface area contributed by atoms with E-state index < -0.39 is 16.9 Å². The number of nitrogens with one attached hydrogen (secondary N) is 2. The molecule has 0 radical (unpaired) electrons. The molecule has 0 fully saturated rings. The first-order valence-corrected chi connectivity index (χ1v) is 10.4. The first-order chi connectivity index (χ1) is 15.4. The molecule has 1 aromatic heterocycles. The van der Waals surface area contributed by atoms with Gasteiger partial charge in [-0.3, -0.25) is 20.3 Å². The fourth-order valence-corrected chi connectivity index (χ4v) is 4.14. The number of nitro benzene ring substituents is 1. The van der Waals surface area contributed by atoms with Crippen LogP contribution in [0.2, 0.25) is 0 Å². The Morgan fingerprint density at radius 1 is 1.06 bits per heavy atom. The number of ether oxygens (including phenoxy) is 1. The van der Waals surface area contributed by atoms with Crippen molar-refractivity contribution >= 4 is 44.5 Å². The van der Waals surface area contributed by atoms with E-state index in [0.717, 1.165) is 10.1 Å². The number of nitrogen functional groups attached to an aromatic ring is 1. The van der Waals surface area contributed by atoms with Crippen LogP contribution in [-0.2, 0) is 4.79 Å². The van der Waals surface area contributed by atoms with Gasteiger partial charge in [-0.15, -0.1) is 11.3 Å². The number of non-ortho nitro benzene ring substituents is 1. The minimum absolute atomic E-state index is 0.0415. The molecule has 1 atom stereocenters. The lowest BCUT2D eigenvalue weighted by molar-refractivity contribution is -0.384. The molecule has 9 heteroatoms. The summed E-state index contributed by atoms with van der Waals surface area (Å²) in [4.78, 5) is 24.3. The summed E-state index contributed by atoms with van der Waals surface area (Å²) in [5.41, 5.74) is 6.42. The van der Waals surface area contributed by atoms with Crippen LogP contribution in [0.25, 0.3) is 10.1 Å². The Labute approximate surface area is 186 Å². The van der Waals surface area contributed by atoms with Crippen LogP contribution in [0.3, 0.4) is 0 Å². The quantitative estimate of drug-likeness (QED) is 0.162. The fraction of sp³-hybridized carbons (Fsp3) is 0.0435. The van der Waals surface area contributed by atoms with Crippen LogP contribution in [-0.4, -0.2) is 16.7 Å². The summed E-state index contributed by atoms with van der Waals surface area (Å²) < 4.78 is 7.04. The smallest absolute Gasteiger partial charge is 0.271 e. The van der Waals surface area contributed by atoms with E-state index in [4.69, 9.17) is 15.9 Å². The van der Waals surface area contributed by atoms with Gasteiger partial charge in [0.05, 0.1) is 9.80 Å². The molecular formula is C23H18N4O4S. The molecule has 0 aliphatic carbocycles. The number of amides is 1. The van der Waals surface area contributed by atoms with Crippen LogP contribution in [0, 0.1) is 15.5 Å². The number of thiophene rings is 1. The van der Waals surface area contributed by atoms with Crippen molar-refractivity contribution in [3.63, 3.8) is 0 Å². The number of rotatable bonds is 7. The number of hydrogen-bond donors (Lipinski definition) is 3. The van der Waals surface area contributed by atoms with E-state index in [1.165, 1.54) is 29.5 Å². The predicted molar refractivity (Wildman–Crippen MR) is 124 cm³/mol. The molecule has 0 bridgehead atoms. The Morgan fingerprint density at radius 3 is 2.53 bits per heavy atom. The molecule has 1 amide bonds. The Morgan fingerprint density at radius 2 is 1.81 bits per heavy atom. The number of anilines is 1. The molecule has 8 nitrogen and oxygen atoms in total. The maximum Gasteiger partial charge on any atom is 0.271 e. The van der Waals surface area contributed by atoms with Crippen molar-refractivity contribution in [1.82, 2.24) is 0 Å². The van der Waals surface area contributed by atoms with E-state index in [-0.39, 0.29) is 11.5 Å². The third-order valence-electron chi connectivity index (χ3n) is 4.70. The van der Waals surface area contributed by atoms with Gasteiger partial charge in [-0.25, -0.2) is 0 Å². The standard InChI is InChI=1S/C23H18N4O4S/c24-22(25)20-13-17-18(10-5-11-19(17)32-20)31-21(14-6-2-1-3-7-14)23(28)26-15-8-4-9-16(12-15)27(29)30/h1-13,21H,(H3,24,25)(H,26,28). The van der Waals surface area contributed by atoms with Gasteiger partial charge in [0.15, 0.2) is 0 Å². The molecule has 4 rings (SSSR count). The molecule has 0 aliphatic rings. The van der Waals surface area contributed by atoms with E-state index >= 15 is 0 Å². The van der Waals surface area contributed by atoms with E-state index in [9.17, 15) is 14.9 Å². The summed E-state index contributed by atoms with van der Waals surface area (Å²) in [6, 6.07) is 21.9. The zero-order valence-electron chi connectivity index (χ0n) is 16.6. The van der Waals surface area contributed by atoms with E-state index in [2.05, 4.69) is 5.32 Å². The lowest BCUT2D eigenvalue weighted by atomic mass is 10.1. The molecule has 1 heterocycles. The molecule has 0 saturated heterocycles. The van der Waals surface area contributed by atoms with Crippen LogP contribution < -0.4 is 15.8 Å². The minimum atomic E-state index is -1.01. The average molecular weight is 446 g/mol. The third-order valence-corrected chi connectivity index (χ3v) is 5.83. The SMILES string of the molecule is N=C(N)c1cc2c(OC(C(=O)Nc3cccc([N+](=O)[O-])c3)c3ccccc3)cccc2s1. The first-order valence-electron chi connectivity index (χ1n) is 9.56. The van der Waals surface area contributed by atoms with Crippen LogP contribution in [0.5, 0.6) is 5.75 Å². The van der Waals surface area contributed by atoms with Gasteiger partial charge >= 0.3 is 0 Å². The summed E-state index contributed by atoms with van der Waals surface area (Å²) in [7, 11) is 0. The van der Waals surface area contributed by atoms with Crippen molar-refractivity contribution in [2.45, 2.75) is 6.10 Å². The van der Waals surface area contributed by atoms with Crippen molar-refractivity contribution in [2.24, 2.45) is 5.73 Å². The molecular weight excluding hydrogens is 428 g/mol. The summed E-state index contributed by atoms with van der Waals surface area (Å²) in [6.45, 7) is 0. The van der Waals surface area contributed by atoms with Crippen LogP contribution in [0.1, 0.15) is 16.5 Å². The maximum absolute atomic E-state index is 13.2. The average Bonchev–Trinajstić information content (AvgIpc) is 3.24. The summed E-state index contributed by atoms with van der Waals surface area (Å²) in [5.74, 6) is -0.0507. The number of carbonyl (C=O) groups is 1. The number of fused-ring (bicyclic) bond motifs is 1. The van der Waals surface area contributed by atoms with Crippen molar-refractivity contribution in [2.75, 3.05) is 5.32 Å². The van der Waals surface area contributed by atoms with Gasteiger partial charge in [0, 0.05) is 33.5 Å². The van der Waals surface area contributed by atoms with Gasteiger partial charge in [0.1, 0.15) is 11.6 Å². The van der Waals surface area contributed by atoms with Gasteiger partial charge in [0.25, 0.3) is 11.6 Å². The molecule has 0 spiro atoms. The zero-order valence-corrected chi connectivity index (χ0v) is 17.5. The number of nitrogens with two attached hydrogens (primary N) is 1. The molecule has 32 heavy (non-hydrogen) atoms. The normalized spacial score (nSPS) is 11.6. The second kappa shape index (κ2) is 8.86. The first kappa shape index (κ1) is 21.0. The van der Waals surface area contributed by atoms with Gasteiger partial charge in [-0.1, -0.05) is 42.5 Å². The second-order valence-corrected chi connectivity index (χ2v) is 7.98. The highest BCUT2D eigenvalue weighted by atomic mass is 32.1. The lowest BCUT2D eigenvalue weighted by Gasteiger charge is -2.20. The van der Waals surface area contributed by atoms with E-state index in [1.807, 2.05) is 12.1 Å². The Kier molecular flexibility index (Phi) is 5.82. The van der Waals surface area contributed by atoms with Gasteiger partial charge in [0.2, 0.25) is 6.10 Å². The number of amidine groups is 1. The van der Waals surface area contributed by atoms with Crippen LogP contribution >= 0.6 is 11.3 Å². The van der Waals surface area contributed by atoms with Crippen molar-refractivity contribution in [1.29, 1.82) is 5.41 Å². The zero-order chi connectivity index (χ0) is 22.7. The van der Waals surface area contributed by atoms with Crippen molar-refractivity contribution in [3.8, 4) is 5.75 Å². The Bertz CT molecular complexity index is 1320. The van der Waals surface area contributed by atoms with Gasteiger partial charge in [-0.2, -0.15) is 0 Å². The number of benzene rings is 3. The predicted octanol–water partition coefficient (Wildman–Crippen LogP) is 4.85. The molecule has 4 N–H and O–H groups in total. The summed E-state index contributed by atoms with van der Waals surface area (Å²) in [6.07, 6.45) is -1.01. The van der Waals surface area contributed by atoms with E-state index in [1.54, 1.807) is 48.5 Å². The molecule has 4 aromatic rings. The highest BCUT2D eigenvalue weighted by Crippen LogP contribution is 2.35. The summed E-state index contributed by atoms with van der Waals surface area (Å²) in [5, 5.41) is 22.2. The van der Waals surface area contributed by atoms with Gasteiger partial charge < -0.3 is 15.8 Å². The largest absolute Gasteiger partial charge is 0.475 e. The number of hydrogen-bond acceptors (Lipinski definition) is 6. The Balaban J connectivity index is 1.69. The number of nitrogens with zero attached hydrogens (tertiary/aromatic N) is 1. The lowest BCUT2D eigenvalue weighted by Crippen LogP contribution is -2.25. The van der Waals surface area contributed by atoms with Crippen molar-refractivity contribution < 1.29 is 14.5 Å². The monoisotopic (exact) mass is 446 g/mol. The second-order valence-electron chi connectivity index (χ2n) is 6.90. The molecule has 3 aromatic carbocycles. The minimum Gasteiger partial charge on any atom is -0.475 e. The topological polar surface area (TPSA) is 131 Å².